The van der Waals surface area contributed by atoms with Gasteiger partial charge in [0.05, 0.1) is 24.4 Å². The van der Waals surface area contributed by atoms with Gasteiger partial charge in [-0.05, 0) is 24.5 Å². The molecule has 0 N–H and O–H groups in total. The third kappa shape index (κ3) is 4.21. The molecule has 0 amide bonds. The summed E-state index contributed by atoms with van der Waals surface area (Å²) in [5.74, 6) is 0.524. The van der Waals surface area contributed by atoms with E-state index >= 15 is 0 Å². The number of hydrogen-bond donors (Lipinski definition) is 0. The summed E-state index contributed by atoms with van der Waals surface area (Å²) in [6.45, 7) is 10.4. The molecular weight excluding hydrogens is 286 g/mol. The van der Waals surface area contributed by atoms with Crippen LogP contribution >= 0.6 is 0 Å². The van der Waals surface area contributed by atoms with Gasteiger partial charge in [-0.3, -0.25) is 9.58 Å². The number of morpholine rings is 1. The van der Waals surface area contributed by atoms with Crippen LogP contribution in [-0.2, 0) is 11.3 Å². The summed E-state index contributed by atoms with van der Waals surface area (Å²) in [4.78, 5) is 2.52. The van der Waals surface area contributed by atoms with E-state index in [1.807, 2.05) is 11.6 Å². The van der Waals surface area contributed by atoms with E-state index in [0.29, 0.717) is 5.92 Å². The molecule has 1 aliphatic heterocycles. The van der Waals surface area contributed by atoms with Gasteiger partial charge in [0, 0.05) is 25.8 Å². The Morgan fingerprint density at radius 1 is 1.13 bits per heavy atom. The molecule has 0 radical (unpaired) electrons. The SMILES string of the molecule is Cc1ccn(CCN2C[C@@H](c3ccccc3)O[C@@H](C(C)C)C2)n1. The number of benzene rings is 1. The molecule has 2 aromatic rings. The van der Waals surface area contributed by atoms with E-state index in [1.54, 1.807) is 0 Å². The van der Waals surface area contributed by atoms with E-state index in [0.717, 1.165) is 31.9 Å². The maximum Gasteiger partial charge on any atom is 0.0956 e. The summed E-state index contributed by atoms with van der Waals surface area (Å²) in [6, 6.07) is 12.6. The van der Waals surface area contributed by atoms with E-state index in [4.69, 9.17) is 4.74 Å². The fourth-order valence-corrected chi connectivity index (χ4v) is 3.09. The molecule has 4 heteroatoms. The molecule has 0 aliphatic carbocycles. The number of hydrogen-bond acceptors (Lipinski definition) is 3. The van der Waals surface area contributed by atoms with Crippen molar-refractivity contribution in [2.45, 2.75) is 39.5 Å². The number of rotatable bonds is 5. The predicted molar refractivity (Wildman–Crippen MR) is 92.3 cm³/mol. The van der Waals surface area contributed by atoms with Crippen molar-refractivity contribution in [1.29, 1.82) is 0 Å². The molecule has 0 saturated carbocycles. The van der Waals surface area contributed by atoms with Gasteiger partial charge in [0.15, 0.2) is 0 Å². The summed E-state index contributed by atoms with van der Waals surface area (Å²) < 4.78 is 8.39. The quantitative estimate of drug-likeness (QED) is 0.848. The van der Waals surface area contributed by atoms with Crippen LogP contribution in [0.1, 0.15) is 31.2 Å². The zero-order valence-corrected chi connectivity index (χ0v) is 14.4. The van der Waals surface area contributed by atoms with Gasteiger partial charge < -0.3 is 4.74 Å². The first-order valence-electron chi connectivity index (χ1n) is 8.54. The van der Waals surface area contributed by atoms with Gasteiger partial charge in [-0.1, -0.05) is 44.2 Å². The van der Waals surface area contributed by atoms with Crippen LogP contribution in [0.2, 0.25) is 0 Å². The fourth-order valence-electron chi connectivity index (χ4n) is 3.09. The maximum absolute atomic E-state index is 6.36. The normalized spacial score (nSPS) is 22.6. The molecule has 0 spiro atoms. The second kappa shape index (κ2) is 7.28. The van der Waals surface area contributed by atoms with Crippen LogP contribution in [0.5, 0.6) is 0 Å². The highest BCUT2D eigenvalue weighted by Gasteiger charge is 2.30. The largest absolute Gasteiger partial charge is 0.367 e. The molecule has 1 aromatic heterocycles. The first-order chi connectivity index (χ1) is 11.1. The van der Waals surface area contributed by atoms with Gasteiger partial charge in [0.2, 0.25) is 0 Å². The van der Waals surface area contributed by atoms with Crippen molar-refractivity contribution < 1.29 is 4.74 Å². The molecule has 0 bridgehead atoms. The van der Waals surface area contributed by atoms with Gasteiger partial charge in [-0.25, -0.2) is 0 Å². The average molecular weight is 313 g/mol. The van der Waals surface area contributed by atoms with Gasteiger partial charge in [0.1, 0.15) is 0 Å². The van der Waals surface area contributed by atoms with Crippen LogP contribution in [0.3, 0.4) is 0 Å². The van der Waals surface area contributed by atoms with E-state index in [9.17, 15) is 0 Å². The second-order valence-electron chi connectivity index (χ2n) is 6.80. The Morgan fingerprint density at radius 3 is 2.57 bits per heavy atom. The van der Waals surface area contributed by atoms with Crippen molar-refractivity contribution in [2.24, 2.45) is 5.92 Å². The van der Waals surface area contributed by atoms with Crippen LogP contribution in [0.25, 0.3) is 0 Å². The molecule has 1 aliphatic rings. The lowest BCUT2D eigenvalue weighted by Gasteiger charge is -2.40. The summed E-state index contributed by atoms with van der Waals surface area (Å²) in [7, 11) is 0. The Hall–Kier alpha value is -1.65. The van der Waals surface area contributed by atoms with Crippen molar-refractivity contribution >= 4 is 0 Å². The summed E-state index contributed by atoms with van der Waals surface area (Å²) in [6.07, 6.45) is 2.51. The summed E-state index contributed by atoms with van der Waals surface area (Å²) in [5.41, 5.74) is 2.35. The molecule has 2 heterocycles. The molecular formula is C19H27N3O. The van der Waals surface area contributed by atoms with E-state index in [2.05, 4.69) is 66.4 Å². The Balaban J connectivity index is 1.66. The van der Waals surface area contributed by atoms with Crippen molar-refractivity contribution in [1.82, 2.24) is 14.7 Å². The van der Waals surface area contributed by atoms with Crippen LogP contribution in [0.15, 0.2) is 42.6 Å². The third-order valence-corrected chi connectivity index (χ3v) is 4.54. The number of aryl methyl sites for hydroxylation is 1. The maximum atomic E-state index is 6.36. The van der Waals surface area contributed by atoms with E-state index < -0.39 is 0 Å². The molecule has 0 unspecified atom stereocenters. The van der Waals surface area contributed by atoms with Crippen LogP contribution in [-0.4, -0.2) is 40.4 Å². The predicted octanol–water partition coefficient (Wildman–Crippen LogP) is 3.29. The second-order valence-corrected chi connectivity index (χ2v) is 6.80. The first kappa shape index (κ1) is 16.2. The summed E-state index contributed by atoms with van der Waals surface area (Å²) in [5, 5.41) is 4.49. The highest BCUT2D eigenvalue weighted by molar-refractivity contribution is 5.18. The smallest absolute Gasteiger partial charge is 0.0956 e. The van der Waals surface area contributed by atoms with E-state index in [-0.39, 0.29) is 12.2 Å². The lowest BCUT2D eigenvalue weighted by Crippen LogP contribution is -2.47. The van der Waals surface area contributed by atoms with Gasteiger partial charge in [-0.2, -0.15) is 5.10 Å². The number of aromatic nitrogens is 2. The highest BCUT2D eigenvalue weighted by Crippen LogP contribution is 2.27. The van der Waals surface area contributed by atoms with Gasteiger partial charge in [0.25, 0.3) is 0 Å². The Labute approximate surface area is 139 Å². The first-order valence-corrected chi connectivity index (χ1v) is 8.54. The molecule has 124 valence electrons. The minimum atomic E-state index is 0.164. The summed E-state index contributed by atoms with van der Waals surface area (Å²) >= 11 is 0. The van der Waals surface area contributed by atoms with Crippen LogP contribution < -0.4 is 0 Å². The van der Waals surface area contributed by atoms with Crippen molar-refractivity contribution in [3.8, 4) is 0 Å². The molecule has 2 atom stereocenters. The van der Waals surface area contributed by atoms with Gasteiger partial charge >= 0.3 is 0 Å². The fraction of sp³-hybridized carbons (Fsp3) is 0.526. The minimum absolute atomic E-state index is 0.164. The Kier molecular flexibility index (Phi) is 5.13. The minimum Gasteiger partial charge on any atom is -0.367 e. The molecule has 4 nitrogen and oxygen atoms in total. The Morgan fingerprint density at radius 2 is 1.91 bits per heavy atom. The molecule has 3 rings (SSSR count). The van der Waals surface area contributed by atoms with E-state index in [1.165, 1.54) is 5.56 Å². The lowest BCUT2D eigenvalue weighted by atomic mass is 10.0. The molecule has 1 saturated heterocycles. The molecule has 1 fully saturated rings. The topological polar surface area (TPSA) is 30.3 Å². The molecule has 23 heavy (non-hydrogen) atoms. The van der Waals surface area contributed by atoms with Crippen LogP contribution in [0.4, 0.5) is 0 Å². The van der Waals surface area contributed by atoms with Crippen molar-refractivity contribution in [3.05, 3.63) is 53.9 Å². The zero-order chi connectivity index (χ0) is 16.2. The zero-order valence-electron chi connectivity index (χ0n) is 14.4. The standard InChI is InChI=1S/C19H27N3O/c1-15(2)18-13-21(11-12-22-10-9-16(3)20-22)14-19(23-18)17-7-5-4-6-8-17/h4-10,15,18-19H,11-14H2,1-3H3/t18-,19+/m1/s1. The monoisotopic (exact) mass is 313 g/mol. The van der Waals surface area contributed by atoms with Crippen LogP contribution in [0, 0.1) is 12.8 Å². The molecule has 1 aromatic carbocycles. The van der Waals surface area contributed by atoms with Gasteiger partial charge in [-0.15, -0.1) is 0 Å². The highest BCUT2D eigenvalue weighted by atomic mass is 16.5. The average Bonchev–Trinajstić information content (AvgIpc) is 2.99. The van der Waals surface area contributed by atoms with Crippen molar-refractivity contribution in [3.63, 3.8) is 0 Å². The number of ether oxygens (including phenoxy) is 1. The van der Waals surface area contributed by atoms with Crippen molar-refractivity contribution in [2.75, 3.05) is 19.6 Å². The number of nitrogens with zero attached hydrogens (tertiary/aromatic N) is 3. The third-order valence-electron chi connectivity index (χ3n) is 4.54. The lowest BCUT2D eigenvalue weighted by molar-refractivity contribution is -0.106. The Bertz CT molecular complexity index is 608.